The van der Waals surface area contributed by atoms with Crippen LogP contribution in [0.2, 0.25) is 0 Å². The van der Waals surface area contributed by atoms with E-state index in [9.17, 15) is 9.59 Å². The molecule has 0 radical (unpaired) electrons. The van der Waals surface area contributed by atoms with E-state index in [1.165, 1.54) is 11.0 Å². The van der Waals surface area contributed by atoms with Gasteiger partial charge in [-0.3, -0.25) is 4.79 Å². The maximum atomic E-state index is 15.2. The van der Waals surface area contributed by atoms with Crippen molar-refractivity contribution in [1.82, 2.24) is 4.90 Å². The Morgan fingerprint density at radius 1 is 0.944 bits per heavy atom. The molecule has 1 heterocycles. The van der Waals surface area contributed by atoms with Crippen LogP contribution in [0.5, 0.6) is 0 Å². The Balaban J connectivity index is 1.60. The third-order valence-electron chi connectivity index (χ3n) is 6.17. The summed E-state index contributed by atoms with van der Waals surface area (Å²) in [6.45, 7) is 6.42. The fraction of sp³-hybridized carbons (Fsp3) is 0.333. The predicted molar refractivity (Wildman–Crippen MR) is 139 cm³/mol. The molecule has 36 heavy (non-hydrogen) atoms. The number of nitrogens with zero attached hydrogens (tertiary/aromatic N) is 2. The van der Waals surface area contributed by atoms with E-state index in [2.05, 4.69) is 0 Å². The Kier molecular flexibility index (Phi) is 7.73. The van der Waals surface area contributed by atoms with Crippen molar-refractivity contribution in [3.63, 3.8) is 0 Å². The molecule has 5 nitrogen and oxygen atoms in total. The number of carbonyl (C=O) groups is 2. The van der Waals surface area contributed by atoms with Crippen molar-refractivity contribution in [2.75, 3.05) is 4.90 Å². The summed E-state index contributed by atoms with van der Waals surface area (Å²) in [4.78, 5) is 28.5. The first-order valence-electron chi connectivity index (χ1n) is 12.4. The van der Waals surface area contributed by atoms with Gasteiger partial charge >= 0.3 is 6.09 Å². The second-order valence-corrected chi connectivity index (χ2v) is 10.3. The van der Waals surface area contributed by atoms with Crippen LogP contribution in [0, 0.1) is 5.82 Å². The van der Waals surface area contributed by atoms with E-state index >= 15 is 4.39 Å². The van der Waals surface area contributed by atoms with Gasteiger partial charge in [-0.15, -0.1) is 0 Å². The van der Waals surface area contributed by atoms with E-state index in [1.807, 2.05) is 71.6 Å². The molecule has 0 N–H and O–H groups in total. The maximum absolute atomic E-state index is 15.2. The van der Waals surface area contributed by atoms with E-state index in [1.54, 1.807) is 26.8 Å². The fourth-order valence-corrected chi connectivity index (χ4v) is 4.53. The molecule has 4 rings (SSSR count). The van der Waals surface area contributed by atoms with Crippen molar-refractivity contribution in [2.24, 2.45) is 0 Å². The van der Waals surface area contributed by atoms with Crippen LogP contribution >= 0.6 is 0 Å². The Bertz CT molecular complexity index is 1150. The molecule has 1 fully saturated rings. The number of imide groups is 1. The van der Waals surface area contributed by atoms with Crippen LogP contribution in [0.4, 0.5) is 14.9 Å². The minimum absolute atomic E-state index is 0.230. The molecule has 2 amide bonds. The van der Waals surface area contributed by atoms with Gasteiger partial charge in [0.25, 0.3) is 0 Å². The topological polar surface area (TPSA) is 49.9 Å². The number of likely N-dealkylation sites (tertiary alicyclic amines) is 1. The van der Waals surface area contributed by atoms with E-state index in [4.69, 9.17) is 4.74 Å². The molecule has 6 heteroatoms. The molecule has 1 unspecified atom stereocenters. The van der Waals surface area contributed by atoms with Crippen LogP contribution in [0.25, 0.3) is 0 Å². The first-order valence-corrected chi connectivity index (χ1v) is 12.4. The molecule has 3 aromatic rings. The first kappa shape index (κ1) is 25.4. The van der Waals surface area contributed by atoms with Crippen molar-refractivity contribution in [2.45, 2.75) is 64.8 Å². The number of benzene rings is 3. The standard InChI is InChI=1S/C30H33FN2O3/c1-30(2,3)36-29(35)33-25(15-17-28(33)34)18-24-14-16-26(31)27(19-24)32(20-22-10-6-4-7-11-22)21-23-12-8-5-9-13-23/h4-14,16,19,25H,15,17-18,20-21H2,1-3H3. The normalized spacial score (nSPS) is 15.7. The second-order valence-electron chi connectivity index (χ2n) is 10.3. The van der Waals surface area contributed by atoms with Crippen LogP contribution < -0.4 is 4.90 Å². The second kappa shape index (κ2) is 10.9. The van der Waals surface area contributed by atoms with Gasteiger partial charge < -0.3 is 9.64 Å². The van der Waals surface area contributed by atoms with Crippen LogP contribution in [0.15, 0.2) is 78.9 Å². The van der Waals surface area contributed by atoms with Crippen molar-refractivity contribution in [3.8, 4) is 0 Å². The predicted octanol–water partition coefficient (Wildman–Crippen LogP) is 6.50. The van der Waals surface area contributed by atoms with Gasteiger partial charge in [-0.2, -0.15) is 0 Å². The number of amides is 2. The Hall–Kier alpha value is -3.67. The summed E-state index contributed by atoms with van der Waals surface area (Å²) in [5.41, 5.74) is 2.83. The van der Waals surface area contributed by atoms with Gasteiger partial charge in [0.15, 0.2) is 0 Å². The molecule has 0 bridgehead atoms. The minimum Gasteiger partial charge on any atom is -0.443 e. The monoisotopic (exact) mass is 488 g/mol. The molecule has 0 aliphatic carbocycles. The number of halogens is 1. The highest BCUT2D eigenvalue weighted by atomic mass is 19.1. The maximum Gasteiger partial charge on any atom is 0.417 e. The molecule has 1 saturated heterocycles. The molecule has 3 aromatic carbocycles. The number of hydrogen-bond donors (Lipinski definition) is 0. The first-order chi connectivity index (χ1) is 17.2. The molecule has 1 aliphatic heterocycles. The fourth-order valence-electron chi connectivity index (χ4n) is 4.53. The van der Waals surface area contributed by atoms with E-state index in [-0.39, 0.29) is 17.8 Å². The zero-order valence-electron chi connectivity index (χ0n) is 21.1. The Morgan fingerprint density at radius 2 is 1.53 bits per heavy atom. The molecule has 0 saturated carbocycles. The quantitative estimate of drug-likeness (QED) is 0.381. The highest BCUT2D eigenvalue weighted by Crippen LogP contribution is 2.29. The average Bonchev–Trinajstić information content (AvgIpc) is 3.20. The largest absolute Gasteiger partial charge is 0.443 e. The molecule has 0 aromatic heterocycles. The highest BCUT2D eigenvalue weighted by Gasteiger charge is 2.38. The third kappa shape index (κ3) is 6.51. The molecule has 1 aliphatic rings. The smallest absolute Gasteiger partial charge is 0.417 e. The molecule has 188 valence electrons. The summed E-state index contributed by atoms with van der Waals surface area (Å²) in [7, 11) is 0. The van der Waals surface area contributed by atoms with Gasteiger partial charge in [0.05, 0.1) is 5.69 Å². The zero-order chi connectivity index (χ0) is 25.7. The van der Waals surface area contributed by atoms with Crippen LogP contribution in [-0.2, 0) is 29.0 Å². The Labute approximate surface area is 212 Å². The van der Waals surface area contributed by atoms with Crippen LogP contribution in [0.3, 0.4) is 0 Å². The number of rotatable bonds is 7. The van der Waals surface area contributed by atoms with E-state index in [0.29, 0.717) is 38.0 Å². The van der Waals surface area contributed by atoms with Gasteiger partial charge in [0.1, 0.15) is 11.4 Å². The highest BCUT2D eigenvalue weighted by molar-refractivity contribution is 5.94. The van der Waals surface area contributed by atoms with E-state index in [0.717, 1.165) is 16.7 Å². The summed E-state index contributed by atoms with van der Waals surface area (Å²) >= 11 is 0. The number of ether oxygens (including phenoxy) is 1. The summed E-state index contributed by atoms with van der Waals surface area (Å²) in [5.74, 6) is -0.538. The SMILES string of the molecule is CC(C)(C)OC(=O)N1C(=O)CCC1Cc1ccc(F)c(N(Cc2ccccc2)Cc2ccccc2)c1. The molecule has 0 spiro atoms. The van der Waals surface area contributed by atoms with Crippen molar-refractivity contribution >= 4 is 17.7 Å². The lowest BCUT2D eigenvalue weighted by Gasteiger charge is -2.28. The zero-order valence-corrected chi connectivity index (χ0v) is 21.1. The van der Waals surface area contributed by atoms with Gasteiger partial charge in [-0.05, 0) is 62.4 Å². The molecular formula is C30H33FN2O3. The Morgan fingerprint density at radius 3 is 2.08 bits per heavy atom. The number of carbonyl (C=O) groups excluding carboxylic acids is 2. The molecule has 1 atom stereocenters. The number of hydrogen-bond acceptors (Lipinski definition) is 4. The van der Waals surface area contributed by atoms with Gasteiger partial charge in [-0.25, -0.2) is 14.1 Å². The molecular weight excluding hydrogens is 455 g/mol. The van der Waals surface area contributed by atoms with Crippen LogP contribution in [0.1, 0.15) is 50.3 Å². The lowest BCUT2D eigenvalue weighted by atomic mass is 10.0. The van der Waals surface area contributed by atoms with Crippen molar-refractivity contribution in [3.05, 3.63) is 101 Å². The van der Waals surface area contributed by atoms with Crippen molar-refractivity contribution < 1.29 is 18.7 Å². The van der Waals surface area contributed by atoms with Gasteiger partial charge in [0.2, 0.25) is 5.91 Å². The summed E-state index contributed by atoms with van der Waals surface area (Å²) in [5, 5.41) is 0. The summed E-state index contributed by atoms with van der Waals surface area (Å²) < 4.78 is 20.7. The lowest BCUT2D eigenvalue weighted by molar-refractivity contribution is -0.128. The van der Waals surface area contributed by atoms with Gasteiger partial charge in [-0.1, -0.05) is 66.7 Å². The lowest BCUT2D eigenvalue weighted by Crippen LogP contribution is -2.43. The third-order valence-corrected chi connectivity index (χ3v) is 6.17. The van der Waals surface area contributed by atoms with Crippen LogP contribution in [-0.4, -0.2) is 28.5 Å². The number of anilines is 1. The average molecular weight is 489 g/mol. The summed E-state index contributed by atoms with van der Waals surface area (Å²) in [6, 6.07) is 24.7. The minimum atomic E-state index is -0.692. The van der Waals surface area contributed by atoms with E-state index < -0.39 is 11.7 Å². The van der Waals surface area contributed by atoms with Crippen molar-refractivity contribution in [1.29, 1.82) is 0 Å². The van der Waals surface area contributed by atoms with Gasteiger partial charge in [0, 0.05) is 25.6 Å². The summed E-state index contributed by atoms with van der Waals surface area (Å²) in [6.07, 6.45) is 0.685.